The summed E-state index contributed by atoms with van der Waals surface area (Å²) in [5.74, 6) is 8.31. The van der Waals surface area contributed by atoms with E-state index in [1.165, 1.54) is 32.1 Å². The highest BCUT2D eigenvalue weighted by Gasteiger charge is 2.17. The number of nitrogens with two attached hydrogens (primary N) is 1. The Hall–Kier alpha value is -0.880. The molecule has 1 saturated carbocycles. The maximum Gasteiger partial charge on any atom is 0.239 e. The van der Waals surface area contributed by atoms with Gasteiger partial charge in [0.15, 0.2) is 0 Å². The SMILES string of the molecule is CC1CCC(CCNc2nc(NN)ncc2Br)CC1. The monoisotopic (exact) mass is 327 g/mol. The third-order valence-electron chi connectivity index (χ3n) is 3.85. The van der Waals surface area contributed by atoms with Gasteiger partial charge in [-0.25, -0.2) is 10.8 Å². The third kappa shape index (κ3) is 4.31. The number of hydrazine groups is 1. The highest BCUT2D eigenvalue weighted by atomic mass is 79.9. The van der Waals surface area contributed by atoms with Gasteiger partial charge in [-0.2, -0.15) is 4.98 Å². The molecule has 0 amide bonds. The van der Waals surface area contributed by atoms with Gasteiger partial charge >= 0.3 is 0 Å². The highest BCUT2D eigenvalue weighted by molar-refractivity contribution is 9.10. The molecule has 1 heterocycles. The zero-order valence-electron chi connectivity index (χ0n) is 11.3. The molecule has 0 atom stereocenters. The third-order valence-corrected chi connectivity index (χ3v) is 4.43. The lowest BCUT2D eigenvalue weighted by molar-refractivity contribution is 0.282. The fourth-order valence-electron chi connectivity index (χ4n) is 2.57. The molecule has 0 spiro atoms. The molecule has 5 nitrogen and oxygen atoms in total. The first-order chi connectivity index (χ1) is 9.19. The van der Waals surface area contributed by atoms with Crippen LogP contribution < -0.4 is 16.6 Å². The molecule has 1 aromatic heterocycles. The van der Waals surface area contributed by atoms with Crippen molar-refractivity contribution in [2.24, 2.45) is 17.7 Å². The van der Waals surface area contributed by atoms with Crippen molar-refractivity contribution in [1.82, 2.24) is 9.97 Å². The minimum absolute atomic E-state index is 0.428. The fourth-order valence-corrected chi connectivity index (χ4v) is 2.90. The van der Waals surface area contributed by atoms with Crippen molar-refractivity contribution < 1.29 is 0 Å². The fraction of sp³-hybridized carbons (Fsp3) is 0.692. The van der Waals surface area contributed by atoms with E-state index in [0.717, 1.165) is 28.7 Å². The Balaban J connectivity index is 1.79. The Morgan fingerprint density at radius 1 is 1.37 bits per heavy atom. The van der Waals surface area contributed by atoms with Gasteiger partial charge < -0.3 is 5.32 Å². The van der Waals surface area contributed by atoms with E-state index in [2.05, 4.69) is 43.6 Å². The Morgan fingerprint density at radius 3 is 2.79 bits per heavy atom. The molecule has 2 rings (SSSR count). The predicted octanol–water partition coefficient (Wildman–Crippen LogP) is 3.15. The summed E-state index contributed by atoms with van der Waals surface area (Å²) in [5.41, 5.74) is 2.46. The molecule has 0 bridgehead atoms. The number of nitrogens with zero attached hydrogens (tertiary/aromatic N) is 2. The first-order valence-electron chi connectivity index (χ1n) is 6.92. The van der Waals surface area contributed by atoms with Crippen LogP contribution in [0.3, 0.4) is 0 Å². The van der Waals surface area contributed by atoms with Crippen molar-refractivity contribution in [1.29, 1.82) is 0 Å². The molecular weight excluding hydrogens is 306 g/mol. The van der Waals surface area contributed by atoms with Crippen molar-refractivity contribution in [3.8, 4) is 0 Å². The van der Waals surface area contributed by atoms with Gasteiger partial charge in [0.05, 0.1) is 4.47 Å². The molecule has 1 fully saturated rings. The molecule has 0 radical (unpaired) electrons. The van der Waals surface area contributed by atoms with Crippen LogP contribution in [-0.4, -0.2) is 16.5 Å². The second-order valence-corrected chi connectivity index (χ2v) is 6.23. The van der Waals surface area contributed by atoms with Crippen molar-refractivity contribution in [2.45, 2.75) is 39.0 Å². The maximum atomic E-state index is 5.31. The minimum atomic E-state index is 0.428. The Kier molecular flexibility index (Phi) is 5.39. The Labute approximate surface area is 122 Å². The predicted molar refractivity (Wildman–Crippen MR) is 81.8 cm³/mol. The summed E-state index contributed by atoms with van der Waals surface area (Å²) in [4.78, 5) is 8.31. The maximum absolute atomic E-state index is 5.31. The second kappa shape index (κ2) is 7.05. The average molecular weight is 328 g/mol. The Morgan fingerprint density at radius 2 is 2.11 bits per heavy atom. The van der Waals surface area contributed by atoms with Crippen LogP contribution in [-0.2, 0) is 0 Å². The number of rotatable bonds is 5. The minimum Gasteiger partial charge on any atom is -0.369 e. The van der Waals surface area contributed by atoms with E-state index < -0.39 is 0 Å². The number of anilines is 2. The quantitative estimate of drug-likeness (QED) is 0.572. The van der Waals surface area contributed by atoms with Crippen molar-refractivity contribution in [3.63, 3.8) is 0 Å². The molecule has 0 aromatic carbocycles. The number of hydrogen-bond donors (Lipinski definition) is 3. The van der Waals surface area contributed by atoms with E-state index in [-0.39, 0.29) is 0 Å². The zero-order chi connectivity index (χ0) is 13.7. The Bertz CT molecular complexity index is 404. The normalized spacial score (nSPS) is 23.1. The van der Waals surface area contributed by atoms with E-state index in [0.29, 0.717) is 5.95 Å². The lowest BCUT2D eigenvalue weighted by Gasteiger charge is -2.26. The molecule has 6 heteroatoms. The molecule has 106 valence electrons. The molecular formula is C13H22BrN5. The molecule has 4 N–H and O–H groups in total. The number of nitrogens with one attached hydrogen (secondary N) is 2. The van der Waals surface area contributed by atoms with Crippen molar-refractivity contribution in [2.75, 3.05) is 17.3 Å². The summed E-state index contributed by atoms with van der Waals surface area (Å²) in [7, 11) is 0. The summed E-state index contributed by atoms with van der Waals surface area (Å²) in [6, 6.07) is 0. The molecule has 0 aliphatic heterocycles. The van der Waals surface area contributed by atoms with Crippen LogP contribution in [0.5, 0.6) is 0 Å². The first-order valence-corrected chi connectivity index (χ1v) is 7.71. The zero-order valence-corrected chi connectivity index (χ0v) is 12.9. The van der Waals surface area contributed by atoms with E-state index in [4.69, 9.17) is 5.84 Å². The van der Waals surface area contributed by atoms with Gasteiger partial charge in [-0.05, 0) is 34.2 Å². The molecule has 1 aliphatic rings. The van der Waals surface area contributed by atoms with Crippen LogP contribution >= 0.6 is 15.9 Å². The lowest BCUT2D eigenvalue weighted by Crippen LogP contribution is -2.17. The van der Waals surface area contributed by atoms with E-state index >= 15 is 0 Å². The van der Waals surface area contributed by atoms with Gasteiger partial charge in [0, 0.05) is 12.7 Å². The van der Waals surface area contributed by atoms with Crippen LogP contribution in [0.1, 0.15) is 39.0 Å². The van der Waals surface area contributed by atoms with Gasteiger partial charge in [-0.15, -0.1) is 0 Å². The van der Waals surface area contributed by atoms with E-state index in [9.17, 15) is 0 Å². The first kappa shape index (κ1) is 14.5. The summed E-state index contributed by atoms with van der Waals surface area (Å²) in [5, 5.41) is 3.35. The largest absolute Gasteiger partial charge is 0.369 e. The number of aromatic nitrogens is 2. The highest BCUT2D eigenvalue weighted by Crippen LogP contribution is 2.30. The number of hydrogen-bond acceptors (Lipinski definition) is 5. The van der Waals surface area contributed by atoms with Crippen molar-refractivity contribution >= 4 is 27.7 Å². The average Bonchev–Trinajstić information content (AvgIpc) is 2.43. The van der Waals surface area contributed by atoms with E-state index in [1.807, 2.05) is 0 Å². The lowest BCUT2D eigenvalue weighted by atomic mass is 9.81. The van der Waals surface area contributed by atoms with Crippen LogP contribution in [0.4, 0.5) is 11.8 Å². The molecule has 19 heavy (non-hydrogen) atoms. The smallest absolute Gasteiger partial charge is 0.239 e. The van der Waals surface area contributed by atoms with Crippen LogP contribution in [0.15, 0.2) is 10.7 Å². The van der Waals surface area contributed by atoms with Crippen LogP contribution in [0, 0.1) is 11.8 Å². The van der Waals surface area contributed by atoms with Crippen LogP contribution in [0.2, 0.25) is 0 Å². The molecule has 0 unspecified atom stereocenters. The summed E-state index contributed by atoms with van der Waals surface area (Å²) < 4.78 is 0.865. The topological polar surface area (TPSA) is 75.9 Å². The van der Waals surface area contributed by atoms with Gasteiger partial charge in [0.2, 0.25) is 5.95 Å². The van der Waals surface area contributed by atoms with Crippen LogP contribution in [0.25, 0.3) is 0 Å². The van der Waals surface area contributed by atoms with Gasteiger partial charge in [0.1, 0.15) is 5.82 Å². The second-order valence-electron chi connectivity index (χ2n) is 5.38. The van der Waals surface area contributed by atoms with Gasteiger partial charge in [-0.1, -0.05) is 32.6 Å². The van der Waals surface area contributed by atoms with E-state index in [1.54, 1.807) is 6.20 Å². The molecule has 1 aromatic rings. The number of halogens is 1. The molecule has 1 aliphatic carbocycles. The standard InChI is InChI=1S/C13H22BrN5/c1-9-2-4-10(5-3-9)6-7-16-12-11(14)8-17-13(18-12)19-15/h8-10H,2-7,15H2,1H3,(H2,16,17,18,19). The number of nitrogen functional groups attached to an aromatic ring is 1. The van der Waals surface area contributed by atoms with Gasteiger partial charge in [-0.3, -0.25) is 5.43 Å². The summed E-state index contributed by atoms with van der Waals surface area (Å²) in [6.45, 7) is 3.30. The summed E-state index contributed by atoms with van der Waals surface area (Å²) in [6.07, 6.45) is 8.39. The van der Waals surface area contributed by atoms with Gasteiger partial charge in [0.25, 0.3) is 0 Å². The van der Waals surface area contributed by atoms with Crippen molar-refractivity contribution in [3.05, 3.63) is 10.7 Å². The summed E-state index contributed by atoms with van der Waals surface area (Å²) >= 11 is 3.44. The molecule has 0 saturated heterocycles.